The Kier molecular flexibility index (Phi) is 6.88. The maximum absolute atomic E-state index is 12.5. The lowest BCUT2D eigenvalue weighted by Gasteiger charge is -2.18. The number of hydrogen-bond acceptors (Lipinski definition) is 2. The highest BCUT2D eigenvalue weighted by molar-refractivity contribution is 5.89. The molecule has 10 heteroatoms. The maximum atomic E-state index is 12.5. The SMILES string of the molecule is CN(CCCNC(=O)Nc1cccc(C(F)(F)F)c1)CC(F)(F)F. The average Bonchev–Trinajstić information content (AvgIpc) is 2.41. The molecule has 0 radical (unpaired) electrons. The van der Waals surface area contributed by atoms with Gasteiger partial charge in [0.1, 0.15) is 0 Å². The van der Waals surface area contributed by atoms with Gasteiger partial charge in [0.2, 0.25) is 0 Å². The summed E-state index contributed by atoms with van der Waals surface area (Å²) in [6.07, 6.45) is -8.54. The Hall–Kier alpha value is -1.97. The first kappa shape index (κ1) is 20.1. The topological polar surface area (TPSA) is 44.4 Å². The third-order valence-electron chi connectivity index (χ3n) is 2.90. The Morgan fingerprint density at radius 2 is 1.83 bits per heavy atom. The number of rotatable bonds is 6. The normalized spacial score (nSPS) is 12.3. The van der Waals surface area contributed by atoms with Crippen LogP contribution in [-0.2, 0) is 6.18 Å². The average molecular weight is 357 g/mol. The summed E-state index contributed by atoms with van der Waals surface area (Å²) in [5, 5.41) is 4.61. The first-order chi connectivity index (χ1) is 11.0. The maximum Gasteiger partial charge on any atom is 0.416 e. The molecule has 4 nitrogen and oxygen atoms in total. The molecule has 1 aromatic carbocycles. The molecule has 0 aromatic heterocycles. The predicted molar refractivity (Wildman–Crippen MR) is 76.6 cm³/mol. The van der Waals surface area contributed by atoms with Crippen LogP contribution in [0.3, 0.4) is 0 Å². The van der Waals surface area contributed by atoms with Crippen molar-refractivity contribution in [2.75, 3.05) is 32.0 Å². The number of benzene rings is 1. The van der Waals surface area contributed by atoms with Gasteiger partial charge in [0, 0.05) is 12.2 Å². The highest BCUT2D eigenvalue weighted by atomic mass is 19.4. The molecule has 0 aliphatic rings. The van der Waals surface area contributed by atoms with Crippen LogP contribution in [0, 0.1) is 0 Å². The molecule has 24 heavy (non-hydrogen) atoms. The van der Waals surface area contributed by atoms with Gasteiger partial charge in [-0.15, -0.1) is 0 Å². The number of halogens is 6. The fourth-order valence-electron chi connectivity index (χ4n) is 1.88. The van der Waals surface area contributed by atoms with E-state index in [0.29, 0.717) is 0 Å². The molecular formula is C14H17F6N3O. The van der Waals surface area contributed by atoms with E-state index in [1.54, 1.807) is 0 Å². The number of anilines is 1. The van der Waals surface area contributed by atoms with Crippen LogP contribution in [0.25, 0.3) is 0 Å². The van der Waals surface area contributed by atoms with Crippen molar-refractivity contribution in [3.8, 4) is 0 Å². The van der Waals surface area contributed by atoms with E-state index in [1.807, 2.05) is 0 Å². The molecule has 0 aliphatic carbocycles. The van der Waals surface area contributed by atoms with E-state index in [9.17, 15) is 31.1 Å². The number of carbonyl (C=O) groups excluding carboxylic acids is 1. The quantitative estimate of drug-likeness (QED) is 0.602. The van der Waals surface area contributed by atoms with Crippen molar-refractivity contribution >= 4 is 11.7 Å². The largest absolute Gasteiger partial charge is 0.416 e. The van der Waals surface area contributed by atoms with Crippen molar-refractivity contribution in [2.24, 2.45) is 0 Å². The molecule has 0 heterocycles. The summed E-state index contributed by atoms with van der Waals surface area (Å²) >= 11 is 0. The molecule has 1 aromatic rings. The van der Waals surface area contributed by atoms with Crippen molar-refractivity contribution < 1.29 is 31.1 Å². The molecule has 0 atom stereocenters. The van der Waals surface area contributed by atoms with E-state index in [-0.39, 0.29) is 25.2 Å². The molecular weight excluding hydrogens is 340 g/mol. The third kappa shape index (κ3) is 8.04. The van der Waals surface area contributed by atoms with Gasteiger partial charge in [0.25, 0.3) is 0 Å². The van der Waals surface area contributed by atoms with Gasteiger partial charge in [-0.3, -0.25) is 4.90 Å². The van der Waals surface area contributed by atoms with Crippen molar-refractivity contribution in [2.45, 2.75) is 18.8 Å². The molecule has 1 rings (SSSR count). The Morgan fingerprint density at radius 1 is 1.17 bits per heavy atom. The summed E-state index contributed by atoms with van der Waals surface area (Å²) in [6, 6.07) is 3.39. The second kappa shape index (κ2) is 8.22. The number of hydrogen-bond donors (Lipinski definition) is 2. The van der Waals surface area contributed by atoms with Crippen LogP contribution < -0.4 is 10.6 Å². The van der Waals surface area contributed by atoms with Crippen LogP contribution in [0.1, 0.15) is 12.0 Å². The Bertz CT molecular complexity index is 544. The van der Waals surface area contributed by atoms with Gasteiger partial charge in [0.05, 0.1) is 12.1 Å². The zero-order valence-corrected chi connectivity index (χ0v) is 12.8. The fraction of sp³-hybridized carbons (Fsp3) is 0.500. The van der Waals surface area contributed by atoms with Crippen LogP contribution in [-0.4, -0.2) is 43.8 Å². The summed E-state index contributed by atoms with van der Waals surface area (Å²) in [6.45, 7) is -0.847. The van der Waals surface area contributed by atoms with E-state index in [0.717, 1.165) is 23.1 Å². The molecule has 136 valence electrons. The minimum atomic E-state index is -4.52. The summed E-state index contributed by atoms with van der Waals surface area (Å²) in [5.74, 6) is 0. The second-order valence-electron chi connectivity index (χ2n) is 5.17. The fourth-order valence-corrected chi connectivity index (χ4v) is 1.88. The lowest BCUT2D eigenvalue weighted by molar-refractivity contribution is -0.143. The minimum absolute atomic E-state index is 0.0310. The van der Waals surface area contributed by atoms with Gasteiger partial charge in [0.15, 0.2) is 0 Å². The Labute approximate surface area is 134 Å². The Morgan fingerprint density at radius 3 is 2.42 bits per heavy atom. The molecule has 0 saturated heterocycles. The predicted octanol–water partition coefficient (Wildman–Crippen LogP) is 3.71. The Balaban J connectivity index is 2.35. The van der Waals surface area contributed by atoms with Crippen LogP contribution >= 0.6 is 0 Å². The van der Waals surface area contributed by atoms with Crippen LogP contribution in [0.4, 0.5) is 36.8 Å². The van der Waals surface area contributed by atoms with Crippen molar-refractivity contribution in [3.63, 3.8) is 0 Å². The lowest BCUT2D eigenvalue weighted by atomic mass is 10.2. The van der Waals surface area contributed by atoms with Gasteiger partial charge in [-0.05, 0) is 38.2 Å². The van der Waals surface area contributed by atoms with Gasteiger partial charge in [-0.2, -0.15) is 26.3 Å². The third-order valence-corrected chi connectivity index (χ3v) is 2.90. The molecule has 2 amide bonds. The highest BCUT2D eigenvalue weighted by Gasteiger charge is 2.30. The van der Waals surface area contributed by atoms with Crippen molar-refractivity contribution in [3.05, 3.63) is 29.8 Å². The highest BCUT2D eigenvalue weighted by Crippen LogP contribution is 2.30. The minimum Gasteiger partial charge on any atom is -0.338 e. The van der Waals surface area contributed by atoms with Crippen LogP contribution in [0.2, 0.25) is 0 Å². The molecule has 0 unspecified atom stereocenters. The second-order valence-corrected chi connectivity index (χ2v) is 5.17. The first-order valence-corrected chi connectivity index (χ1v) is 6.95. The van der Waals surface area contributed by atoms with Gasteiger partial charge >= 0.3 is 18.4 Å². The van der Waals surface area contributed by atoms with Gasteiger partial charge < -0.3 is 10.6 Å². The van der Waals surface area contributed by atoms with E-state index in [1.165, 1.54) is 13.1 Å². The van der Waals surface area contributed by atoms with Crippen LogP contribution in [0.5, 0.6) is 0 Å². The summed E-state index contributed by atoms with van der Waals surface area (Å²) in [4.78, 5) is 12.6. The van der Waals surface area contributed by atoms with Crippen molar-refractivity contribution in [1.29, 1.82) is 0 Å². The van der Waals surface area contributed by atoms with Crippen molar-refractivity contribution in [1.82, 2.24) is 10.2 Å². The van der Waals surface area contributed by atoms with Gasteiger partial charge in [-0.25, -0.2) is 4.79 Å². The number of nitrogens with zero attached hydrogens (tertiary/aromatic N) is 1. The van der Waals surface area contributed by atoms with Gasteiger partial charge in [-0.1, -0.05) is 6.07 Å². The number of nitrogens with one attached hydrogen (secondary N) is 2. The number of urea groups is 1. The summed E-state index contributed by atoms with van der Waals surface area (Å²) in [7, 11) is 1.30. The van der Waals surface area contributed by atoms with E-state index >= 15 is 0 Å². The first-order valence-electron chi connectivity index (χ1n) is 6.95. The molecule has 0 saturated carbocycles. The molecule has 0 fully saturated rings. The molecule has 0 aliphatic heterocycles. The lowest BCUT2D eigenvalue weighted by Crippen LogP contribution is -2.34. The van der Waals surface area contributed by atoms with E-state index in [2.05, 4.69) is 10.6 Å². The zero-order chi connectivity index (χ0) is 18.4. The van der Waals surface area contributed by atoms with E-state index < -0.39 is 30.5 Å². The smallest absolute Gasteiger partial charge is 0.338 e. The monoisotopic (exact) mass is 357 g/mol. The molecule has 0 bridgehead atoms. The number of amides is 2. The standard InChI is InChI=1S/C14H17F6N3O/c1-23(9-13(15,16)17)7-3-6-21-12(24)22-11-5-2-4-10(8-11)14(18,19)20/h2,4-5,8H,3,6-7,9H2,1H3,(H2,21,22,24). The molecule has 2 N–H and O–H groups in total. The molecule has 0 spiro atoms. The van der Waals surface area contributed by atoms with Crippen LogP contribution in [0.15, 0.2) is 24.3 Å². The van der Waals surface area contributed by atoms with E-state index in [4.69, 9.17) is 0 Å². The number of alkyl halides is 6. The summed E-state index contributed by atoms with van der Waals surface area (Å²) in [5.41, 5.74) is -0.925. The number of carbonyl (C=O) groups is 1. The summed E-state index contributed by atoms with van der Waals surface area (Å²) < 4.78 is 73.9. The zero-order valence-electron chi connectivity index (χ0n) is 12.8.